The molecular weight excluding hydrogens is 384 g/mol. The standard InChI is InChI=1S/C24H30O6/c1-22-7-4-13(25)10-12(22)11-14(21(27)28-3)17-15-5-8-24(9-6-16(26)30-24)23(15,2)20-19(29-20)18(17)22/h10,14-15,17-20H,4-9,11H2,1-3H3/t14-,15+,17+,18-,19+,20+,22+,23-,24-/m1/s1. The molecule has 0 amide bonds. The highest BCUT2D eigenvalue weighted by molar-refractivity contribution is 5.92. The molecule has 3 saturated carbocycles. The van der Waals surface area contributed by atoms with Gasteiger partial charge in [0.05, 0.1) is 25.2 Å². The van der Waals surface area contributed by atoms with Gasteiger partial charge in [-0.05, 0) is 55.4 Å². The van der Waals surface area contributed by atoms with E-state index in [9.17, 15) is 14.4 Å². The lowest BCUT2D eigenvalue weighted by atomic mass is 9.44. The van der Waals surface area contributed by atoms with Crippen LogP contribution in [0, 0.1) is 34.5 Å². The highest BCUT2D eigenvalue weighted by Crippen LogP contribution is 2.75. The number of methoxy groups -OCH3 is 1. The van der Waals surface area contributed by atoms with Gasteiger partial charge in [0, 0.05) is 24.2 Å². The Kier molecular flexibility index (Phi) is 3.65. The molecule has 0 N–H and O–H groups in total. The summed E-state index contributed by atoms with van der Waals surface area (Å²) < 4.78 is 17.7. The number of hydrogen-bond acceptors (Lipinski definition) is 6. The number of ketones is 1. The van der Waals surface area contributed by atoms with Crippen LogP contribution in [0.2, 0.25) is 0 Å². The third-order valence-corrected chi connectivity index (χ3v) is 10.1. The molecule has 6 nitrogen and oxygen atoms in total. The Balaban J connectivity index is 1.48. The average molecular weight is 414 g/mol. The molecule has 2 aliphatic heterocycles. The first-order chi connectivity index (χ1) is 14.2. The van der Waals surface area contributed by atoms with Gasteiger partial charge in [0.2, 0.25) is 0 Å². The van der Waals surface area contributed by atoms with Gasteiger partial charge in [-0.25, -0.2) is 0 Å². The lowest BCUT2D eigenvalue weighted by molar-refractivity contribution is -0.172. The van der Waals surface area contributed by atoms with Crippen LogP contribution in [-0.2, 0) is 28.6 Å². The number of epoxide rings is 1. The highest BCUT2D eigenvalue weighted by atomic mass is 16.6. The summed E-state index contributed by atoms with van der Waals surface area (Å²) in [5.41, 5.74) is 0.262. The smallest absolute Gasteiger partial charge is 0.309 e. The maximum Gasteiger partial charge on any atom is 0.309 e. The number of hydrogen-bond donors (Lipinski definition) is 0. The van der Waals surface area contributed by atoms with Crippen molar-refractivity contribution in [2.75, 3.05) is 7.11 Å². The van der Waals surface area contributed by atoms with E-state index in [1.165, 1.54) is 7.11 Å². The molecule has 0 unspecified atom stereocenters. The first kappa shape index (κ1) is 19.0. The fraction of sp³-hybridized carbons (Fsp3) is 0.792. The molecule has 6 heteroatoms. The first-order valence-corrected chi connectivity index (χ1v) is 11.4. The number of fused-ring (bicyclic) bond motifs is 9. The zero-order valence-electron chi connectivity index (χ0n) is 17.9. The van der Waals surface area contributed by atoms with E-state index in [0.717, 1.165) is 31.3 Å². The third kappa shape index (κ3) is 2.07. The Bertz CT molecular complexity index is 892. The molecule has 0 bridgehead atoms. The second-order valence-electron chi connectivity index (χ2n) is 10.9. The number of esters is 2. The van der Waals surface area contributed by atoms with Gasteiger partial charge in [0.15, 0.2) is 5.78 Å². The van der Waals surface area contributed by atoms with Gasteiger partial charge in [-0.15, -0.1) is 0 Å². The predicted molar refractivity (Wildman–Crippen MR) is 105 cm³/mol. The van der Waals surface area contributed by atoms with Crippen molar-refractivity contribution < 1.29 is 28.6 Å². The number of carbonyl (C=O) groups is 3. The normalized spacial score (nSPS) is 53.2. The van der Waals surface area contributed by atoms with Crippen LogP contribution in [0.15, 0.2) is 11.6 Å². The van der Waals surface area contributed by atoms with Crippen LogP contribution in [0.3, 0.4) is 0 Å². The second-order valence-corrected chi connectivity index (χ2v) is 10.9. The maximum absolute atomic E-state index is 13.0. The Morgan fingerprint density at radius 3 is 2.67 bits per heavy atom. The molecule has 162 valence electrons. The molecule has 0 radical (unpaired) electrons. The van der Waals surface area contributed by atoms with Crippen molar-refractivity contribution in [3.8, 4) is 0 Å². The molecule has 6 aliphatic rings. The van der Waals surface area contributed by atoms with E-state index in [2.05, 4.69) is 13.8 Å². The fourth-order valence-corrected chi connectivity index (χ4v) is 8.62. The summed E-state index contributed by atoms with van der Waals surface area (Å²) in [5.74, 6) is 0.176. The van der Waals surface area contributed by atoms with E-state index in [0.29, 0.717) is 19.3 Å². The molecule has 1 spiro atoms. The Morgan fingerprint density at radius 2 is 1.97 bits per heavy atom. The predicted octanol–water partition coefficient (Wildman–Crippen LogP) is 2.98. The molecule has 0 aromatic heterocycles. The lowest BCUT2D eigenvalue weighted by Gasteiger charge is -2.58. The van der Waals surface area contributed by atoms with Gasteiger partial charge in [-0.2, -0.15) is 0 Å². The van der Waals surface area contributed by atoms with E-state index >= 15 is 0 Å². The van der Waals surface area contributed by atoms with Gasteiger partial charge >= 0.3 is 11.9 Å². The molecule has 9 atom stereocenters. The minimum Gasteiger partial charge on any atom is -0.469 e. The molecule has 30 heavy (non-hydrogen) atoms. The minimum atomic E-state index is -0.459. The van der Waals surface area contributed by atoms with E-state index in [1.54, 1.807) is 6.08 Å². The van der Waals surface area contributed by atoms with Gasteiger partial charge < -0.3 is 14.2 Å². The van der Waals surface area contributed by atoms with Gasteiger partial charge in [-0.1, -0.05) is 19.4 Å². The summed E-state index contributed by atoms with van der Waals surface area (Å²) in [6.07, 6.45) is 6.91. The van der Waals surface area contributed by atoms with E-state index < -0.39 is 5.60 Å². The lowest BCUT2D eigenvalue weighted by Crippen LogP contribution is -2.61. The van der Waals surface area contributed by atoms with Crippen LogP contribution in [0.25, 0.3) is 0 Å². The van der Waals surface area contributed by atoms with Crippen molar-refractivity contribution in [3.05, 3.63) is 11.6 Å². The van der Waals surface area contributed by atoms with E-state index in [1.807, 2.05) is 0 Å². The van der Waals surface area contributed by atoms with Crippen molar-refractivity contribution in [3.63, 3.8) is 0 Å². The quantitative estimate of drug-likeness (QED) is 0.485. The molecule has 0 aromatic rings. The van der Waals surface area contributed by atoms with E-state index in [4.69, 9.17) is 14.2 Å². The number of allylic oxidation sites excluding steroid dienone is 1. The highest BCUT2D eigenvalue weighted by Gasteiger charge is 2.79. The maximum atomic E-state index is 13.0. The fourth-order valence-electron chi connectivity index (χ4n) is 8.62. The zero-order valence-corrected chi connectivity index (χ0v) is 17.9. The monoisotopic (exact) mass is 414 g/mol. The SMILES string of the molecule is COC(=O)[C@@H]1CC2=CC(=O)CC[C@]2(C)[C@H]2[C@@H]3O[C@@H]3[C@@]3(C)[C@@H](CC[C@@]34CCC(=O)O4)[C@@H]21. The summed E-state index contributed by atoms with van der Waals surface area (Å²) >= 11 is 0. The average Bonchev–Trinajstić information content (AvgIpc) is 3.35. The Hall–Kier alpha value is -1.69. The minimum absolute atomic E-state index is 0.0552. The van der Waals surface area contributed by atoms with Crippen molar-refractivity contribution in [1.82, 2.24) is 0 Å². The van der Waals surface area contributed by atoms with Crippen LogP contribution in [0.4, 0.5) is 0 Å². The molecule has 2 saturated heterocycles. The number of rotatable bonds is 1. The molecule has 2 heterocycles. The summed E-state index contributed by atoms with van der Waals surface area (Å²) in [7, 11) is 1.46. The molecule has 0 aromatic carbocycles. The zero-order chi connectivity index (χ0) is 21.1. The van der Waals surface area contributed by atoms with Crippen LogP contribution < -0.4 is 0 Å². The van der Waals surface area contributed by atoms with Crippen molar-refractivity contribution >= 4 is 17.7 Å². The van der Waals surface area contributed by atoms with E-state index in [-0.39, 0.29) is 64.4 Å². The molecule has 4 aliphatic carbocycles. The number of carbonyl (C=O) groups excluding carboxylic acids is 3. The number of ether oxygens (including phenoxy) is 3. The summed E-state index contributed by atoms with van der Waals surface area (Å²) in [6.45, 7) is 4.52. The van der Waals surface area contributed by atoms with Crippen molar-refractivity contribution in [1.29, 1.82) is 0 Å². The van der Waals surface area contributed by atoms with Crippen LogP contribution in [-0.4, -0.2) is 42.6 Å². The molecule has 6 rings (SSSR count). The third-order valence-electron chi connectivity index (χ3n) is 10.1. The van der Waals surface area contributed by atoms with Crippen LogP contribution >= 0.6 is 0 Å². The topological polar surface area (TPSA) is 82.2 Å². The van der Waals surface area contributed by atoms with Crippen molar-refractivity contribution in [2.45, 2.75) is 76.6 Å². The van der Waals surface area contributed by atoms with Crippen LogP contribution in [0.5, 0.6) is 0 Å². The summed E-state index contributed by atoms with van der Waals surface area (Å²) in [6, 6.07) is 0. The molecular formula is C24H30O6. The van der Waals surface area contributed by atoms with Crippen LogP contribution in [0.1, 0.15) is 58.8 Å². The van der Waals surface area contributed by atoms with Gasteiger partial charge in [0.25, 0.3) is 0 Å². The Labute approximate surface area is 176 Å². The van der Waals surface area contributed by atoms with Gasteiger partial charge in [-0.3, -0.25) is 14.4 Å². The largest absolute Gasteiger partial charge is 0.469 e. The first-order valence-electron chi connectivity index (χ1n) is 11.4. The second kappa shape index (κ2) is 5.76. The van der Waals surface area contributed by atoms with Gasteiger partial charge in [0.1, 0.15) is 5.60 Å². The molecule has 5 fully saturated rings. The van der Waals surface area contributed by atoms with Crippen molar-refractivity contribution in [2.24, 2.45) is 34.5 Å². The Morgan fingerprint density at radius 1 is 1.17 bits per heavy atom. The summed E-state index contributed by atoms with van der Waals surface area (Å²) in [4.78, 5) is 37.4. The summed E-state index contributed by atoms with van der Waals surface area (Å²) in [5, 5.41) is 0.